The smallest absolute Gasteiger partial charge is 0.210 e. The van der Waals surface area contributed by atoms with Gasteiger partial charge >= 0.3 is 0 Å². The monoisotopic (exact) mass is 364 g/mol. The minimum Gasteiger partial charge on any atom is -0.354 e. The summed E-state index contributed by atoms with van der Waals surface area (Å²) in [6, 6.07) is 20.5. The maximum atomic E-state index is 4.27. The lowest BCUT2D eigenvalue weighted by Gasteiger charge is -2.12. The predicted octanol–water partition coefficient (Wildman–Crippen LogP) is 6.06. The zero-order valence-corrected chi connectivity index (χ0v) is 15.2. The van der Waals surface area contributed by atoms with Gasteiger partial charge in [-0.25, -0.2) is 0 Å². The average Bonchev–Trinajstić information content (AvgIpc) is 3.30. The van der Waals surface area contributed by atoms with Crippen LogP contribution in [0.4, 0.5) is 22.2 Å². The molecule has 0 amide bonds. The van der Waals surface area contributed by atoms with Crippen molar-refractivity contribution in [3.05, 3.63) is 71.6 Å². The lowest BCUT2D eigenvalue weighted by atomic mass is 10.2. The molecular weight excluding hydrogens is 348 g/mol. The molecule has 0 bridgehead atoms. The van der Waals surface area contributed by atoms with E-state index >= 15 is 0 Å². The minimum atomic E-state index is 0.779. The van der Waals surface area contributed by atoms with Crippen molar-refractivity contribution in [3.63, 3.8) is 0 Å². The maximum absolute atomic E-state index is 4.27. The van der Waals surface area contributed by atoms with Crippen LogP contribution in [0.3, 0.4) is 0 Å². The third-order valence-corrected chi connectivity index (χ3v) is 5.53. The molecule has 4 rings (SSSR count). The molecule has 0 saturated carbocycles. The zero-order chi connectivity index (χ0) is 17.1. The molecular formula is C19H16N4S2. The lowest BCUT2D eigenvalue weighted by molar-refractivity contribution is 1.10. The summed E-state index contributed by atoms with van der Waals surface area (Å²) in [5.41, 5.74) is 4.26. The zero-order valence-electron chi connectivity index (χ0n) is 13.6. The number of anilines is 4. The second kappa shape index (κ2) is 7.04. The van der Waals surface area contributed by atoms with Gasteiger partial charge in [-0.1, -0.05) is 47.2 Å². The second-order valence-corrected chi connectivity index (χ2v) is 7.48. The summed E-state index contributed by atoms with van der Waals surface area (Å²) in [5.74, 6) is 0. The van der Waals surface area contributed by atoms with Gasteiger partial charge in [-0.3, -0.25) is 0 Å². The Hall–Kier alpha value is -2.70. The number of para-hydroxylation sites is 2. The molecule has 0 aliphatic heterocycles. The van der Waals surface area contributed by atoms with Crippen molar-refractivity contribution in [2.24, 2.45) is 0 Å². The van der Waals surface area contributed by atoms with Crippen LogP contribution in [0.15, 0.2) is 66.0 Å². The second-order valence-electron chi connectivity index (χ2n) is 5.55. The molecule has 2 heterocycles. The normalized spacial score (nSPS) is 10.6. The Morgan fingerprint density at radius 2 is 1.56 bits per heavy atom. The number of benzene rings is 2. The largest absolute Gasteiger partial charge is 0.354 e. The van der Waals surface area contributed by atoms with Crippen molar-refractivity contribution < 1.29 is 0 Å². The van der Waals surface area contributed by atoms with Crippen molar-refractivity contribution in [2.75, 3.05) is 10.6 Å². The quantitative estimate of drug-likeness (QED) is 0.452. The average molecular weight is 364 g/mol. The standard InChI is InChI=1S/C19H16N4S2/c1-13-8-10-14(11-9-13)20-15-5-2-3-6-16(15)21-19-23-22-18(25-19)17-7-4-12-24-17/h2-12,20H,1H3,(H,21,23). The Morgan fingerprint density at radius 3 is 2.28 bits per heavy atom. The van der Waals surface area contributed by atoms with Gasteiger partial charge < -0.3 is 10.6 Å². The van der Waals surface area contributed by atoms with Crippen LogP contribution in [0.2, 0.25) is 0 Å². The van der Waals surface area contributed by atoms with E-state index in [1.165, 1.54) is 5.56 Å². The number of thiophene rings is 1. The fourth-order valence-electron chi connectivity index (χ4n) is 2.38. The van der Waals surface area contributed by atoms with E-state index in [2.05, 4.69) is 58.1 Å². The highest BCUT2D eigenvalue weighted by atomic mass is 32.1. The number of nitrogens with one attached hydrogen (secondary N) is 2. The molecule has 25 heavy (non-hydrogen) atoms. The van der Waals surface area contributed by atoms with Crippen LogP contribution in [0.25, 0.3) is 9.88 Å². The molecule has 0 aliphatic rings. The van der Waals surface area contributed by atoms with Crippen molar-refractivity contribution in [1.29, 1.82) is 0 Å². The summed E-state index contributed by atoms with van der Waals surface area (Å²) >= 11 is 3.22. The highest BCUT2D eigenvalue weighted by molar-refractivity contribution is 7.22. The number of rotatable bonds is 5. The van der Waals surface area contributed by atoms with E-state index in [9.17, 15) is 0 Å². The van der Waals surface area contributed by atoms with Gasteiger partial charge in [-0.05, 0) is 42.6 Å². The van der Waals surface area contributed by atoms with Crippen molar-refractivity contribution in [2.45, 2.75) is 6.92 Å². The Balaban J connectivity index is 1.56. The molecule has 2 N–H and O–H groups in total. The first kappa shape index (κ1) is 15.8. The van der Waals surface area contributed by atoms with E-state index in [1.54, 1.807) is 22.7 Å². The number of hydrogen-bond acceptors (Lipinski definition) is 6. The first-order valence-corrected chi connectivity index (χ1v) is 9.55. The van der Waals surface area contributed by atoms with Crippen LogP contribution in [0.5, 0.6) is 0 Å². The van der Waals surface area contributed by atoms with Crippen LogP contribution < -0.4 is 10.6 Å². The third-order valence-electron chi connectivity index (χ3n) is 3.66. The maximum Gasteiger partial charge on any atom is 0.210 e. The summed E-state index contributed by atoms with van der Waals surface area (Å²) in [6.07, 6.45) is 0. The Kier molecular flexibility index (Phi) is 4.45. The summed E-state index contributed by atoms with van der Waals surface area (Å²) in [7, 11) is 0. The van der Waals surface area contributed by atoms with Crippen molar-refractivity contribution >= 4 is 44.9 Å². The third kappa shape index (κ3) is 3.70. The van der Waals surface area contributed by atoms with E-state index < -0.39 is 0 Å². The highest BCUT2D eigenvalue weighted by Gasteiger charge is 2.09. The van der Waals surface area contributed by atoms with Gasteiger partial charge in [0.2, 0.25) is 5.13 Å². The van der Waals surface area contributed by atoms with Gasteiger partial charge in [0.05, 0.1) is 16.3 Å². The van der Waals surface area contributed by atoms with Crippen LogP contribution >= 0.6 is 22.7 Å². The summed E-state index contributed by atoms with van der Waals surface area (Å²) in [5, 5.41) is 19.1. The Labute approximate surface area is 154 Å². The van der Waals surface area contributed by atoms with Crippen LogP contribution in [-0.2, 0) is 0 Å². The highest BCUT2D eigenvalue weighted by Crippen LogP contribution is 2.33. The number of nitrogens with zero attached hydrogens (tertiary/aromatic N) is 2. The van der Waals surface area contributed by atoms with E-state index in [0.717, 1.165) is 32.1 Å². The van der Waals surface area contributed by atoms with Crippen LogP contribution in [0.1, 0.15) is 5.56 Å². The number of hydrogen-bond donors (Lipinski definition) is 2. The van der Waals surface area contributed by atoms with Gasteiger partial charge in [0.15, 0.2) is 5.01 Å². The van der Waals surface area contributed by atoms with Gasteiger partial charge in [0, 0.05) is 5.69 Å². The first-order valence-electron chi connectivity index (χ1n) is 7.85. The molecule has 0 aliphatic carbocycles. The van der Waals surface area contributed by atoms with E-state index in [4.69, 9.17) is 0 Å². The van der Waals surface area contributed by atoms with Crippen molar-refractivity contribution in [1.82, 2.24) is 10.2 Å². The number of aryl methyl sites for hydroxylation is 1. The van der Waals surface area contributed by atoms with Gasteiger partial charge in [0.25, 0.3) is 0 Å². The minimum absolute atomic E-state index is 0.779. The summed E-state index contributed by atoms with van der Waals surface area (Å²) in [4.78, 5) is 1.14. The molecule has 0 radical (unpaired) electrons. The summed E-state index contributed by atoms with van der Waals surface area (Å²) < 4.78 is 0. The molecule has 4 aromatic rings. The SMILES string of the molecule is Cc1ccc(Nc2ccccc2Nc2nnc(-c3cccs3)s2)cc1. The van der Waals surface area contributed by atoms with Gasteiger partial charge in [-0.15, -0.1) is 21.5 Å². The molecule has 124 valence electrons. The lowest BCUT2D eigenvalue weighted by Crippen LogP contribution is -1.97. The van der Waals surface area contributed by atoms with E-state index in [-0.39, 0.29) is 0 Å². The van der Waals surface area contributed by atoms with Gasteiger partial charge in [0.1, 0.15) is 0 Å². The van der Waals surface area contributed by atoms with Crippen LogP contribution in [-0.4, -0.2) is 10.2 Å². The Bertz CT molecular complexity index is 959. The molecule has 0 unspecified atom stereocenters. The van der Waals surface area contributed by atoms with E-state index in [1.807, 2.05) is 35.7 Å². The molecule has 4 nitrogen and oxygen atoms in total. The molecule has 2 aromatic carbocycles. The molecule has 0 fully saturated rings. The fourth-order valence-corrected chi connectivity index (χ4v) is 3.93. The first-order chi connectivity index (χ1) is 12.3. The van der Waals surface area contributed by atoms with Crippen molar-refractivity contribution in [3.8, 4) is 9.88 Å². The van der Waals surface area contributed by atoms with Crippen LogP contribution in [0, 0.1) is 6.92 Å². The predicted molar refractivity (Wildman–Crippen MR) is 107 cm³/mol. The molecule has 0 atom stereocenters. The molecule has 6 heteroatoms. The Morgan fingerprint density at radius 1 is 0.800 bits per heavy atom. The summed E-state index contributed by atoms with van der Waals surface area (Å²) in [6.45, 7) is 2.08. The molecule has 0 spiro atoms. The molecule has 0 saturated heterocycles. The molecule has 2 aromatic heterocycles. The topological polar surface area (TPSA) is 49.8 Å². The fraction of sp³-hybridized carbons (Fsp3) is 0.0526. The van der Waals surface area contributed by atoms with Gasteiger partial charge in [-0.2, -0.15) is 0 Å². The number of aromatic nitrogens is 2. The van der Waals surface area contributed by atoms with E-state index in [0.29, 0.717) is 0 Å².